The molecule has 3 aromatic rings. The average molecular weight is 439 g/mol. The maximum atomic E-state index is 13.2. The van der Waals surface area contributed by atoms with Crippen molar-refractivity contribution >= 4 is 11.6 Å². The molecule has 0 saturated heterocycles. The highest BCUT2D eigenvalue weighted by molar-refractivity contribution is 6.02. The fourth-order valence-corrected chi connectivity index (χ4v) is 4.07. The average Bonchev–Trinajstić information content (AvgIpc) is 3.45. The number of amides is 1. The van der Waals surface area contributed by atoms with Gasteiger partial charge in [0, 0.05) is 5.69 Å². The third-order valence-corrected chi connectivity index (χ3v) is 6.13. The maximum absolute atomic E-state index is 13.2. The van der Waals surface area contributed by atoms with E-state index in [1.807, 2.05) is 31.2 Å². The highest BCUT2D eigenvalue weighted by atomic mass is 19.4. The van der Waals surface area contributed by atoms with Gasteiger partial charge in [-0.15, -0.1) is 0 Å². The first-order valence-corrected chi connectivity index (χ1v) is 10.3. The molecule has 1 fully saturated rings. The second-order valence-corrected chi connectivity index (χ2v) is 8.21. The third-order valence-electron chi connectivity index (χ3n) is 6.13. The number of hydrogen-bond donors (Lipinski definition) is 1. The van der Waals surface area contributed by atoms with Crippen molar-refractivity contribution in [1.29, 1.82) is 0 Å². The molecular weight excluding hydrogens is 419 g/mol. The molecule has 1 heterocycles. The van der Waals surface area contributed by atoms with E-state index in [2.05, 4.69) is 5.32 Å². The number of halogens is 3. The smallest absolute Gasteiger partial charge is 0.416 e. The molecule has 0 unspecified atom stereocenters. The number of carbonyl (C=O) groups excluding carboxylic acids is 1. The van der Waals surface area contributed by atoms with Gasteiger partial charge in [0.1, 0.15) is 0 Å². The first-order valence-electron chi connectivity index (χ1n) is 10.3. The standard InChI is InChI=1S/C25H20F3NO3/c1-15-2-8-19(13-20(15)16-3-5-17(6-4-16)25(26,27)28)29-23(30)24(10-11-24)18-7-9-21-22(12-18)32-14-31-21/h2-9,12-13H,10-11,14H2,1H3,(H,29,30). The summed E-state index contributed by atoms with van der Waals surface area (Å²) in [6, 6.07) is 16.1. The molecule has 0 aromatic heterocycles. The largest absolute Gasteiger partial charge is 0.454 e. The lowest BCUT2D eigenvalue weighted by molar-refractivity contribution is -0.137. The fourth-order valence-electron chi connectivity index (χ4n) is 4.07. The molecule has 5 rings (SSSR count). The minimum Gasteiger partial charge on any atom is -0.454 e. The molecule has 32 heavy (non-hydrogen) atoms. The summed E-state index contributed by atoms with van der Waals surface area (Å²) in [5.74, 6) is 1.20. The highest BCUT2D eigenvalue weighted by Gasteiger charge is 2.51. The van der Waals surface area contributed by atoms with Crippen molar-refractivity contribution in [2.45, 2.75) is 31.4 Å². The van der Waals surface area contributed by atoms with Gasteiger partial charge in [-0.25, -0.2) is 0 Å². The van der Waals surface area contributed by atoms with E-state index in [4.69, 9.17) is 9.47 Å². The fraction of sp³-hybridized carbons (Fsp3) is 0.240. The second-order valence-electron chi connectivity index (χ2n) is 8.21. The quantitative estimate of drug-likeness (QED) is 0.536. The van der Waals surface area contributed by atoms with Crippen LogP contribution in [0.4, 0.5) is 18.9 Å². The number of nitrogens with one attached hydrogen (secondary N) is 1. The number of ether oxygens (including phenoxy) is 2. The SMILES string of the molecule is Cc1ccc(NC(=O)C2(c3ccc4c(c3)OCO4)CC2)cc1-c1ccc(C(F)(F)F)cc1. The zero-order valence-corrected chi connectivity index (χ0v) is 17.3. The minimum atomic E-state index is -4.38. The van der Waals surface area contributed by atoms with Crippen LogP contribution in [0.3, 0.4) is 0 Å². The van der Waals surface area contributed by atoms with Gasteiger partial charge in [-0.3, -0.25) is 4.79 Å². The Balaban J connectivity index is 1.39. The number of aryl methyl sites for hydroxylation is 1. The monoisotopic (exact) mass is 439 g/mol. The molecule has 0 spiro atoms. The van der Waals surface area contributed by atoms with E-state index < -0.39 is 17.2 Å². The Hall–Kier alpha value is -3.48. The summed E-state index contributed by atoms with van der Waals surface area (Å²) in [6.45, 7) is 2.06. The summed E-state index contributed by atoms with van der Waals surface area (Å²) in [6.07, 6.45) is -2.91. The van der Waals surface area contributed by atoms with E-state index in [1.54, 1.807) is 12.1 Å². The molecule has 1 amide bonds. The summed E-state index contributed by atoms with van der Waals surface area (Å²) in [4.78, 5) is 13.2. The lowest BCUT2D eigenvalue weighted by atomic mass is 9.94. The Morgan fingerprint density at radius 3 is 2.34 bits per heavy atom. The van der Waals surface area contributed by atoms with Gasteiger partial charge in [0.15, 0.2) is 11.5 Å². The molecule has 7 heteroatoms. The molecule has 0 atom stereocenters. The van der Waals surface area contributed by atoms with Crippen LogP contribution in [0.5, 0.6) is 11.5 Å². The van der Waals surface area contributed by atoms with Crippen molar-refractivity contribution in [3.8, 4) is 22.6 Å². The third kappa shape index (κ3) is 3.57. The van der Waals surface area contributed by atoms with E-state index in [-0.39, 0.29) is 12.7 Å². The van der Waals surface area contributed by atoms with Crippen molar-refractivity contribution < 1.29 is 27.4 Å². The van der Waals surface area contributed by atoms with Gasteiger partial charge >= 0.3 is 6.18 Å². The van der Waals surface area contributed by atoms with Gasteiger partial charge < -0.3 is 14.8 Å². The zero-order chi connectivity index (χ0) is 22.5. The molecule has 4 nitrogen and oxygen atoms in total. The van der Waals surface area contributed by atoms with Crippen LogP contribution >= 0.6 is 0 Å². The van der Waals surface area contributed by atoms with Crippen molar-refractivity contribution in [2.75, 3.05) is 12.1 Å². The summed E-state index contributed by atoms with van der Waals surface area (Å²) < 4.78 is 49.4. The molecule has 1 aliphatic heterocycles. The van der Waals surface area contributed by atoms with Crippen LogP contribution < -0.4 is 14.8 Å². The summed E-state index contributed by atoms with van der Waals surface area (Å²) in [5.41, 5.74) is 2.51. The van der Waals surface area contributed by atoms with Crippen molar-refractivity contribution in [1.82, 2.24) is 0 Å². The van der Waals surface area contributed by atoms with Gasteiger partial charge in [0.25, 0.3) is 0 Å². The topological polar surface area (TPSA) is 47.6 Å². The number of benzene rings is 3. The molecule has 0 bridgehead atoms. The van der Waals surface area contributed by atoms with Crippen molar-refractivity contribution in [3.63, 3.8) is 0 Å². The van der Waals surface area contributed by atoms with Crippen LogP contribution in [-0.4, -0.2) is 12.7 Å². The van der Waals surface area contributed by atoms with E-state index in [1.165, 1.54) is 12.1 Å². The van der Waals surface area contributed by atoms with E-state index >= 15 is 0 Å². The Kier molecular flexibility index (Phi) is 4.65. The summed E-state index contributed by atoms with van der Waals surface area (Å²) >= 11 is 0. The number of fused-ring (bicyclic) bond motifs is 1. The molecule has 1 N–H and O–H groups in total. The Labute approximate surface area is 183 Å². The normalized spacial score (nSPS) is 16.0. The van der Waals surface area contributed by atoms with Gasteiger partial charge in [-0.2, -0.15) is 13.2 Å². The van der Waals surface area contributed by atoms with Gasteiger partial charge in [0.05, 0.1) is 11.0 Å². The second kappa shape index (κ2) is 7.29. The van der Waals surface area contributed by atoms with Gasteiger partial charge in [-0.1, -0.05) is 24.3 Å². The van der Waals surface area contributed by atoms with E-state index in [0.29, 0.717) is 22.7 Å². The molecule has 3 aromatic carbocycles. The van der Waals surface area contributed by atoms with Crippen LogP contribution in [0.1, 0.15) is 29.5 Å². The summed E-state index contributed by atoms with van der Waals surface area (Å²) in [5, 5.41) is 2.99. The van der Waals surface area contributed by atoms with Crippen LogP contribution in [0.25, 0.3) is 11.1 Å². The van der Waals surface area contributed by atoms with Crippen molar-refractivity contribution in [3.05, 3.63) is 77.4 Å². The molecule has 1 saturated carbocycles. The molecule has 0 radical (unpaired) electrons. The van der Waals surface area contributed by atoms with Crippen LogP contribution in [0.15, 0.2) is 60.7 Å². The lowest BCUT2D eigenvalue weighted by Gasteiger charge is -2.17. The Morgan fingerprint density at radius 2 is 1.66 bits per heavy atom. The number of rotatable bonds is 4. The van der Waals surface area contributed by atoms with Crippen LogP contribution in [0, 0.1) is 6.92 Å². The minimum absolute atomic E-state index is 0.112. The van der Waals surface area contributed by atoms with Gasteiger partial charge in [0.2, 0.25) is 12.7 Å². The zero-order valence-electron chi connectivity index (χ0n) is 17.3. The van der Waals surface area contributed by atoms with E-state index in [9.17, 15) is 18.0 Å². The Bertz CT molecular complexity index is 1200. The lowest BCUT2D eigenvalue weighted by Crippen LogP contribution is -2.27. The first kappa shape index (κ1) is 20.4. The number of carbonyl (C=O) groups is 1. The Morgan fingerprint density at radius 1 is 0.938 bits per heavy atom. The molecule has 2 aliphatic rings. The van der Waals surface area contributed by atoms with E-state index in [0.717, 1.165) is 41.7 Å². The van der Waals surface area contributed by atoms with Crippen LogP contribution in [0.2, 0.25) is 0 Å². The maximum Gasteiger partial charge on any atom is 0.416 e. The number of anilines is 1. The molecular formula is C25H20F3NO3. The molecule has 164 valence electrons. The first-order chi connectivity index (χ1) is 15.3. The van der Waals surface area contributed by atoms with Gasteiger partial charge in [-0.05, 0) is 78.4 Å². The van der Waals surface area contributed by atoms with Crippen LogP contribution in [-0.2, 0) is 16.4 Å². The van der Waals surface area contributed by atoms with Crippen molar-refractivity contribution in [2.24, 2.45) is 0 Å². The molecule has 1 aliphatic carbocycles. The number of alkyl halides is 3. The predicted octanol–water partition coefficient (Wildman–Crippen LogP) is 6.08. The predicted molar refractivity (Wildman–Crippen MR) is 114 cm³/mol. The highest BCUT2D eigenvalue weighted by Crippen LogP contribution is 2.51. The summed E-state index contributed by atoms with van der Waals surface area (Å²) in [7, 11) is 0. The number of hydrogen-bond acceptors (Lipinski definition) is 3.